The molecular formula is C19H33N3O2. The Bertz CT molecular complexity index is 503. The number of hydrogen-bond donors (Lipinski definition) is 1. The Balaban J connectivity index is 2.45. The molecule has 0 saturated carbocycles. The van der Waals surface area contributed by atoms with Gasteiger partial charge in [-0.05, 0) is 43.9 Å². The Hall–Kier alpha value is -1.91. The van der Waals surface area contributed by atoms with Crippen molar-refractivity contribution < 1.29 is 9.47 Å². The maximum Gasteiger partial charge on any atom is 0.193 e. The number of unbranched alkanes of at least 4 members (excludes halogenated alkanes) is 1. The van der Waals surface area contributed by atoms with Crippen LogP contribution < -0.4 is 14.8 Å². The van der Waals surface area contributed by atoms with Crippen LogP contribution in [0.3, 0.4) is 0 Å². The van der Waals surface area contributed by atoms with E-state index in [0.29, 0.717) is 6.61 Å². The fraction of sp³-hybridized carbons (Fsp3) is 0.632. The number of methoxy groups -OCH3 is 1. The highest BCUT2D eigenvalue weighted by molar-refractivity contribution is 5.79. The highest BCUT2D eigenvalue weighted by Gasteiger charge is 2.06. The average Bonchev–Trinajstić information content (AvgIpc) is 2.60. The van der Waals surface area contributed by atoms with Crippen LogP contribution in [0.2, 0.25) is 0 Å². The summed E-state index contributed by atoms with van der Waals surface area (Å²) in [6.45, 7) is 6.76. The Morgan fingerprint density at radius 2 is 2.00 bits per heavy atom. The van der Waals surface area contributed by atoms with E-state index in [9.17, 15) is 0 Å². The standard InChI is InChI=1S/C19H33N3O2/c1-6-8-14-22(4)19(20-3)21-13-9-10-16-11-12-17(23-5)18(15-16)24-7-2/h11-12,15H,6-10,13-14H2,1-5H3,(H,20,21). The molecule has 0 atom stereocenters. The molecule has 0 heterocycles. The fourth-order valence-electron chi connectivity index (χ4n) is 2.52. The van der Waals surface area contributed by atoms with E-state index in [1.54, 1.807) is 7.11 Å². The van der Waals surface area contributed by atoms with Gasteiger partial charge in [-0.1, -0.05) is 19.4 Å². The van der Waals surface area contributed by atoms with E-state index < -0.39 is 0 Å². The van der Waals surface area contributed by atoms with Gasteiger partial charge in [0.2, 0.25) is 0 Å². The average molecular weight is 335 g/mol. The third kappa shape index (κ3) is 6.69. The second-order valence-electron chi connectivity index (χ2n) is 5.77. The van der Waals surface area contributed by atoms with Crippen LogP contribution in [0.5, 0.6) is 11.5 Å². The first kappa shape index (κ1) is 20.1. The highest BCUT2D eigenvalue weighted by Crippen LogP contribution is 2.28. The Morgan fingerprint density at radius 3 is 2.62 bits per heavy atom. The van der Waals surface area contributed by atoms with Crippen LogP contribution in [0.1, 0.15) is 38.7 Å². The van der Waals surface area contributed by atoms with Gasteiger partial charge in [0.15, 0.2) is 17.5 Å². The SMILES string of the molecule is CCCCN(C)C(=NC)NCCCc1ccc(OC)c(OCC)c1. The number of ether oxygens (including phenoxy) is 2. The molecule has 0 radical (unpaired) electrons. The quantitative estimate of drug-likeness (QED) is 0.405. The first-order valence-electron chi connectivity index (χ1n) is 8.87. The molecule has 24 heavy (non-hydrogen) atoms. The van der Waals surface area contributed by atoms with Crippen LogP contribution >= 0.6 is 0 Å². The van der Waals surface area contributed by atoms with Crippen molar-refractivity contribution in [1.29, 1.82) is 0 Å². The highest BCUT2D eigenvalue weighted by atomic mass is 16.5. The number of benzene rings is 1. The number of aryl methyl sites for hydroxylation is 1. The van der Waals surface area contributed by atoms with E-state index in [4.69, 9.17) is 9.47 Å². The molecule has 5 nitrogen and oxygen atoms in total. The predicted octanol–water partition coefficient (Wildman–Crippen LogP) is 3.33. The van der Waals surface area contributed by atoms with Crippen LogP contribution in [0.4, 0.5) is 0 Å². The van der Waals surface area contributed by atoms with E-state index in [0.717, 1.165) is 43.4 Å². The van der Waals surface area contributed by atoms with Gasteiger partial charge in [0.1, 0.15) is 0 Å². The Labute approximate surface area is 147 Å². The van der Waals surface area contributed by atoms with Gasteiger partial charge in [-0.3, -0.25) is 4.99 Å². The summed E-state index contributed by atoms with van der Waals surface area (Å²) in [5, 5.41) is 3.43. The smallest absolute Gasteiger partial charge is 0.193 e. The molecule has 0 aromatic heterocycles. The van der Waals surface area contributed by atoms with Crippen LogP contribution in [0.15, 0.2) is 23.2 Å². The summed E-state index contributed by atoms with van der Waals surface area (Å²) in [6, 6.07) is 6.15. The molecule has 0 aliphatic heterocycles. The van der Waals surface area contributed by atoms with Crippen LogP contribution in [0, 0.1) is 0 Å². The summed E-state index contributed by atoms with van der Waals surface area (Å²) in [7, 11) is 5.59. The van der Waals surface area contributed by atoms with Crippen LogP contribution in [-0.2, 0) is 6.42 Å². The summed E-state index contributed by atoms with van der Waals surface area (Å²) in [5.41, 5.74) is 1.26. The topological polar surface area (TPSA) is 46.1 Å². The van der Waals surface area contributed by atoms with E-state index in [1.807, 2.05) is 20.0 Å². The second-order valence-corrected chi connectivity index (χ2v) is 5.77. The van der Waals surface area contributed by atoms with E-state index >= 15 is 0 Å². The maximum absolute atomic E-state index is 5.63. The molecule has 0 unspecified atom stereocenters. The van der Waals surface area contributed by atoms with Gasteiger partial charge < -0.3 is 19.7 Å². The van der Waals surface area contributed by atoms with E-state index in [2.05, 4.69) is 41.3 Å². The third-order valence-electron chi connectivity index (χ3n) is 3.87. The summed E-state index contributed by atoms with van der Waals surface area (Å²) in [5.74, 6) is 2.57. The molecule has 0 saturated heterocycles. The van der Waals surface area contributed by atoms with Crippen molar-refractivity contribution in [2.75, 3.05) is 40.9 Å². The monoisotopic (exact) mass is 335 g/mol. The van der Waals surface area contributed by atoms with Crippen LogP contribution in [-0.4, -0.2) is 51.8 Å². The van der Waals surface area contributed by atoms with Gasteiger partial charge in [-0.15, -0.1) is 0 Å². The predicted molar refractivity (Wildman–Crippen MR) is 101 cm³/mol. The molecule has 5 heteroatoms. The van der Waals surface area contributed by atoms with Gasteiger partial charge in [0.05, 0.1) is 13.7 Å². The van der Waals surface area contributed by atoms with Crippen molar-refractivity contribution in [2.45, 2.75) is 39.5 Å². The molecule has 0 fully saturated rings. The zero-order valence-electron chi connectivity index (χ0n) is 15.9. The number of nitrogens with zero attached hydrogens (tertiary/aromatic N) is 2. The molecule has 0 bridgehead atoms. The van der Waals surface area contributed by atoms with Crippen molar-refractivity contribution in [3.63, 3.8) is 0 Å². The summed E-state index contributed by atoms with van der Waals surface area (Å²) in [4.78, 5) is 6.53. The number of rotatable bonds is 10. The van der Waals surface area contributed by atoms with E-state index in [1.165, 1.54) is 18.4 Å². The minimum atomic E-state index is 0.641. The number of nitrogens with one attached hydrogen (secondary N) is 1. The molecular weight excluding hydrogens is 302 g/mol. The van der Waals surface area contributed by atoms with Crippen molar-refractivity contribution in [3.8, 4) is 11.5 Å². The second kappa shape index (κ2) is 11.6. The number of guanidine groups is 1. The fourth-order valence-corrected chi connectivity index (χ4v) is 2.52. The van der Waals surface area contributed by atoms with Crippen LogP contribution in [0.25, 0.3) is 0 Å². The lowest BCUT2D eigenvalue weighted by atomic mass is 10.1. The summed E-state index contributed by atoms with van der Waals surface area (Å²) in [6.07, 6.45) is 4.41. The zero-order chi connectivity index (χ0) is 17.8. The van der Waals surface area contributed by atoms with Crippen molar-refractivity contribution in [3.05, 3.63) is 23.8 Å². The zero-order valence-corrected chi connectivity index (χ0v) is 15.9. The van der Waals surface area contributed by atoms with E-state index in [-0.39, 0.29) is 0 Å². The van der Waals surface area contributed by atoms with Gasteiger partial charge in [0, 0.05) is 27.2 Å². The Morgan fingerprint density at radius 1 is 1.21 bits per heavy atom. The molecule has 0 spiro atoms. The molecule has 1 aromatic carbocycles. The Kier molecular flexibility index (Phi) is 9.73. The van der Waals surface area contributed by atoms with Gasteiger partial charge in [-0.2, -0.15) is 0 Å². The number of hydrogen-bond acceptors (Lipinski definition) is 3. The summed E-state index contributed by atoms with van der Waals surface area (Å²) >= 11 is 0. The van der Waals surface area contributed by atoms with Crippen molar-refractivity contribution >= 4 is 5.96 Å². The number of aliphatic imine (C=N–C) groups is 1. The molecule has 1 N–H and O–H groups in total. The largest absolute Gasteiger partial charge is 0.493 e. The summed E-state index contributed by atoms with van der Waals surface area (Å²) < 4.78 is 11.0. The van der Waals surface area contributed by atoms with Crippen molar-refractivity contribution in [1.82, 2.24) is 10.2 Å². The van der Waals surface area contributed by atoms with Crippen molar-refractivity contribution in [2.24, 2.45) is 4.99 Å². The molecule has 1 rings (SSSR count). The third-order valence-corrected chi connectivity index (χ3v) is 3.87. The molecule has 0 aliphatic rings. The molecule has 136 valence electrons. The maximum atomic E-state index is 5.63. The minimum Gasteiger partial charge on any atom is -0.493 e. The normalized spacial score (nSPS) is 11.3. The van der Waals surface area contributed by atoms with Gasteiger partial charge in [-0.25, -0.2) is 0 Å². The molecule has 1 aromatic rings. The molecule has 0 amide bonds. The lowest BCUT2D eigenvalue weighted by molar-refractivity contribution is 0.310. The first-order valence-corrected chi connectivity index (χ1v) is 8.87. The first-order chi connectivity index (χ1) is 11.7. The van der Waals surface area contributed by atoms with Gasteiger partial charge in [0.25, 0.3) is 0 Å². The lowest BCUT2D eigenvalue weighted by Gasteiger charge is -2.21. The lowest BCUT2D eigenvalue weighted by Crippen LogP contribution is -2.39. The molecule has 0 aliphatic carbocycles. The minimum absolute atomic E-state index is 0.641. The van der Waals surface area contributed by atoms with Gasteiger partial charge >= 0.3 is 0 Å².